The summed E-state index contributed by atoms with van der Waals surface area (Å²) in [5, 5.41) is 3.93. The van der Waals surface area contributed by atoms with Crippen LogP contribution in [0.5, 0.6) is 0 Å². The summed E-state index contributed by atoms with van der Waals surface area (Å²) in [6.45, 7) is 1.28. The van der Waals surface area contributed by atoms with Crippen LogP contribution in [0.4, 0.5) is 4.39 Å². The Morgan fingerprint density at radius 1 is 0.957 bits per heavy atom. The first-order chi connectivity index (χ1) is 11.2. The summed E-state index contributed by atoms with van der Waals surface area (Å²) in [6.07, 6.45) is 0.644. The Balaban J connectivity index is 1.54. The molecule has 0 atom stereocenters. The molecule has 2 nitrogen and oxygen atoms in total. The number of hydrogen-bond acceptors (Lipinski definition) is 2. The fourth-order valence-electron chi connectivity index (χ4n) is 2.41. The van der Waals surface area contributed by atoms with Crippen LogP contribution in [0, 0.1) is 5.82 Å². The van der Waals surface area contributed by atoms with Crippen LogP contribution >= 0.6 is 11.6 Å². The molecule has 0 aliphatic heterocycles. The van der Waals surface area contributed by atoms with Gasteiger partial charge in [-0.2, -0.15) is 0 Å². The Morgan fingerprint density at radius 2 is 1.74 bits per heavy atom. The Bertz CT molecular complexity index is 784. The third kappa shape index (κ3) is 4.01. The fraction of sp³-hybridized carbons (Fsp3) is 0.158. The number of halogens is 2. The molecule has 0 aliphatic carbocycles. The van der Waals surface area contributed by atoms with Crippen molar-refractivity contribution in [3.05, 3.63) is 82.8 Å². The summed E-state index contributed by atoms with van der Waals surface area (Å²) in [7, 11) is 0. The number of nitrogens with one attached hydrogen (secondary N) is 1. The van der Waals surface area contributed by atoms with Gasteiger partial charge in [-0.15, -0.1) is 0 Å². The van der Waals surface area contributed by atoms with Crippen LogP contribution in [0.2, 0.25) is 5.02 Å². The van der Waals surface area contributed by atoms with Crippen LogP contribution in [0.25, 0.3) is 11.3 Å². The van der Waals surface area contributed by atoms with Crippen LogP contribution in [-0.2, 0) is 13.0 Å². The van der Waals surface area contributed by atoms with Crippen molar-refractivity contribution < 1.29 is 8.81 Å². The van der Waals surface area contributed by atoms with Gasteiger partial charge in [0.05, 0.1) is 11.6 Å². The lowest BCUT2D eigenvalue weighted by Gasteiger charge is -2.04. The van der Waals surface area contributed by atoms with E-state index >= 15 is 0 Å². The molecule has 0 aliphatic rings. The molecule has 0 saturated carbocycles. The standard InChI is InChI=1S/C19H17ClFNO/c20-17-7-3-2-6-16(17)19-10-9-15(23-19)13-22-12-11-14-5-1-4-8-18(14)21/h1-10,22H,11-13H2. The largest absolute Gasteiger partial charge is 0.460 e. The second-order valence-electron chi connectivity index (χ2n) is 5.26. The van der Waals surface area contributed by atoms with Gasteiger partial charge in [0.25, 0.3) is 0 Å². The second-order valence-corrected chi connectivity index (χ2v) is 5.67. The van der Waals surface area contributed by atoms with Gasteiger partial charge in [0.2, 0.25) is 0 Å². The van der Waals surface area contributed by atoms with Crippen molar-refractivity contribution in [3.63, 3.8) is 0 Å². The molecule has 0 amide bonds. The van der Waals surface area contributed by atoms with E-state index in [2.05, 4.69) is 5.32 Å². The topological polar surface area (TPSA) is 25.2 Å². The highest BCUT2D eigenvalue weighted by Gasteiger charge is 2.08. The van der Waals surface area contributed by atoms with E-state index in [9.17, 15) is 4.39 Å². The number of hydrogen-bond donors (Lipinski definition) is 1. The van der Waals surface area contributed by atoms with Crippen molar-refractivity contribution in [2.75, 3.05) is 6.54 Å². The number of rotatable bonds is 6. The SMILES string of the molecule is Fc1ccccc1CCNCc1ccc(-c2ccccc2Cl)o1. The molecule has 0 fully saturated rings. The maximum atomic E-state index is 13.5. The number of benzene rings is 2. The number of furan rings is 1. The van der Waals surface area contributed by atoms with Crippen molar-refractivity contribution in [1.82, 2.24) is 5.32 Å². The smallest absolute Gasteiger partial charge is 0.135 e. The molecular weight excluding hydrogens is 313 g/mol. The molecule has 1 aromatic heterocycles. The van der Waals surface area contributed by atoms with E-state index in [0.717, 1.165) is 22.6 Å². The summed E-state index contributed by atoms with van der Waals surface area (Å²) >= 11 is 6.17. The normalized spacial score (nSPS) is 10.9. The zero-order valence-electron chi connectivity index (χ0n) is 12.6. The highest BCUT2D eigenvalue weighted by molar-refractivity contribution is 6.33. The first-order valence-corrected chi connectivity index (χ1v) is 7.89. The Kier molecular flexibility index (Phi) is 5.11. The molecule has 0 saturated heterocycles. The quantitative estimate of drug-likeness (QED) is 0.639. The lowest BCUT2D eigenvalue weighted by Crippen LogP contribution is -2.16. The van der Waals surface area contributed by atoms with E-state index in [1.807, 2.05) is 42.5 Å². The molecule has 3 rings (SSSR count). The molecule has 0 spiro atoms. The van der Waals surface area contributed by atoms with Crippen molar-refractivity contribution in [2.45, 2.75) is 13.0 Å². The van der Waals surface area contributed by atoms with Gasteiger partial charge in [0.15, 0.2) is 0 Å². The lowest BCUT2D eigenvalue weighted by atomic mass is 10.1. The molecule has 0 unspecified atom stereocenters. The van der Waals surface area contributed by atoms with E-state index in [-0.39, 0.29) is 5.82 Å². The van der Waals surface area contributed by atoms with Gasteiger partial charge in [-0.3, -0.25) is 0 Å². The zero-order chi connectivity index (χ0) is 16.1. The van der Waals surface area contributed by atoms with Crippen molar-refractivity contribution in [2.24, 2.45) is 0 Å². The van der Waals surface area contributed by atoms with Gasteiger partial charge in [0.1, 0.15) is 17.3 Å². The summed E-state index contributed by atoms with van der Waals surface area (Å²) in [5.74, 6) is 1.42. The maximum Gasteiger partial charge on any atom is 0.135 e. The molecule has 118 valence electrons. The zero-order valence-corrected chi connectivity index (χ0v) is 13.3. The van der Waals surface area contributed by atoms with E-state index in [4.69, 9.17) is 16.0 Å². The molecular formula is C19H17ClFNO. The van der Waals surface area contributed by atoms with Gasteiger partial charge in [-0.25, -0.2) is 4.39 Å². The van der Waals surface area contributed by atoms with Crippen molar-refractivity contribution >= 4 is 11.6 Å². The maximum absolute atomic E-state index is 13.5. The van der Waals surface area contributed by atoms with E-state index in [1.165, 1.54) is 6.07 Å². The van der Waals surface area contributed by atoms with Crippen molar-refractivity contribution in [3.8, 4) is 11.3 Å². The Labute approximate surface area is 139 Å². The predicted molar refractivity (Wildman–Crippen MR) is 91.0 cm³/mol. The Morgan fingerprint density at radius 3 is 2.57 bits per heavy atom. The summed E-state index contributed by atoms with van der Waals surface area (Å²) in [6, 6.07) is 18.3. The van der Waals surface area contributed by atoms with Crippen LogP contribution < -0.4 is 5.32 Å². The Hall–Kier alpha value is -2.10. The van der Waals surface area contributed by atoms with Crippen LogP contribution in [0.15, 0.2) is 65.1 Å². The average Bonchev–Trinajstić information content (AvgIpc) is 3.02. The van der Waals surface area contributed by atoms with Gasteiger partial charge < -0.3 is 9.73 Å². The summed E-state index contributed by atoms with van der Waals surface area (Å²) in [5.41, 5.74) is 1.60. The van der Waals surface area contributed by atoms with E-state index in [1.54, 1.807) is 12.1 Å². The van der Waals surface area contributed by atoms with Gasteiger partial charge in [-0.05, 0) is 48.9 Å². The van der Waals surface area contributed by atoms with Gasteiger partial charge >= 0.3 is 0 Å². The summed E-state index contributed by atoms with van der Waals surface area (Å²) in [4.78, 5) is 0. The minimum atomic E-state index is -0.159. The molecule has 1 heterocycles. The van der Waals surface area contributed by atoms with Crippen molar-refractivity contribution in [1.29, 1.82) is 0 Å². The molecule has 23 heavy (non-hydrogen) atoms. The van der Waals surface area contributed by atoms with Gasteiger partial charge in [-0.1, -0.05) is 41.9 Å². The monoisotopic (exact) mass is 329 g/mol. The molecule has 1 N–H and O–H groups in total. The van der Waals surface area contributed by atoms with Crippen LogP contribution in [-0.4, -0.2) is 6.54 Å². The minimum Gasteiger partial charge on any atom is -0.460 e. The lowest BCUT2D eigenvalue weighted by molar-refractivity contribution is 0.493. The predicted octanol–water partition coefficient (Wildman–Crippen LogP) is 5.07. The first kappa shape index (κ1) is 15.8. The minimum absolute atomic E-state index is 0.159. The van der Waals surface area contributed by atoms with Crippen LogP contribution in [0.1, 0.15) is 11.3 Å². The highest BCUT2D eigenvalue weighted by atomic mass is 35.5. The molecule has 0 bridgehead atoms. The van der Waals surface area contributed by atoms with E-state index < -0.39 is 0 Å². The third-order valence-corrected chi connectivity index (χ3v) is 3.96. The fourth-order valence-corrected chi connectivity index (χ4v) is 2.64. The van der Waals surface area contributed by atoms with E-state index in [0.29, 0.717) is 24.5 Å². The highest BCUT2D eigenvalue weighted by Crippen LogP contribution is 2.28. The summed E-state index contributed by atoms with van der Waals surface area (Å²) < 4.78 is 19.3. The third-order valence-electron chi connectivity index (χ3n) is 3.63. The first-order valence-electron chi connectivity index (χ1n) is 7.52. The molecule has 0 radical (unpaired) electrons. The second kappa shape index (κ2) is 7.44. The average molecular weight is 330 g/mol. The molecule has 4 heteroatoms. The molecule has 2 aromatic carbocycles. The van der Waals surface area contributed by atoms with Gasteiger partial charge in [0, 0.05) is 5.56 Å². The van der Waals surface area contributed by atoms with Crippen LogP contribution in [0.3, 0.4) is 0 Å². The molecule has 3 aromatic rings.